The third-order valence-electron chi connectivity index (χ3n) is 3.29. The summed E-state index contributed by atoms with van der Waals surface area (Å²) in [4.78, 5) is 1.05. The van der Waals surface area contributed by atoms with Gasteiger partial charge in [-0.2, -0.15) is 0 Å². The SMILES string of the molecule is Cc1nnsc1C(N)Cc1cc(Br)cc2c1OCC2. The Kier molecular flexibility index (Phi) is 3.56. The number of fused-ring (bicyclic) bond motifs is 1. The van der Waals surface area contributed by atoms with Crippen LogP contribution in [0.2, 0.25) is 0 Å². The minimum Gasteiger partial charge on any atom is -0.493 e. The van der Waals surface area contributed by atoms with E-state index in [-0.39, 0.29) is 6.04 Å². The molecule has 0 fully saturated rings. The van der Waals surface area contributed by atoms with Crippen LogP contribution in [0.15, 0.2) is 16.6 Å². The molecule has 0 bridgehead atoms. The summed E-state index contributed by atoms with van der Waals surface area (Å²) in [6.45, 7) is 2.70. The van der Waals surface area contributed by atoms with E-state index in [0.717, 1.165) is 45.8 Å². The van der Waals surface area contributed by atoms with Crippen molar-refractivity contribution in [3.8, 4) is 5.75 Å². The van der Waals surface area contributed by atoms with Crippen molar-refractivity contribution in [1.82, 2.24) is 9.59 Å². The van der Waals surface area contributed by atoms with Crippen LogP contribution >= 0.6 is 27.5 Å². The average Bonchev–Trinajstić information content (AvgIpc) is 2.97. The van der Waals surface area contributed by atoms with Crippen molar-refractivity contribution in [3.05, 3.63) is 38.3 Å². The fraction of sp³-hybridized carbons (Fsp3) is 0.385. The summed E-state index contributed by atoms with van der Waals surface area (Å²) >= 11 is 4.93. The molecule has 0 amide bonds. The summed E-state index contributed by atoms with van der Waals surface area (Å²) in [6.07, 6.45) is 1.71. The first-order valence-corrected chi connectivity index (χ1v) is 7.70. The summed E-state index contributed by atoms with van der Waals surface area (Å²) in [6, 6.07) is 4.13. The van der Waals surface area contributed by atoms with E-state index >= 15 is 0 Å². The van der Waals surface area contributed by atoms with E-state index in [4.69, 9.17) is 10.5 Å². The monoisotopic (exact) mass is 339 g/mol. The molecule has 0 saturated carbocycles. The molecule has 2 N–H and O–H groups in total. The van der Waals surface area contributed by atoms with Gasteiger partial charge in [0.25, 0.3) is 0 Å². The van der Waals surface area contributed by atoms with E-state index in [2.05, 4.69) is 37.6 Å². The topological polar surface area (TPSA) is 61.0 Å². The Bertz CT molecular complexity index is 614. The van der Waals surface area contributed by atoms with Crippen molar-refractivity contribution in [2.24, 2.45) is 5.73 Å². The van der Waals surface area contributed by atoms with E-state index in [9.17, 15) is 0 Å². The number of hydrogen-bond acceptors (Lipinski definition) is 5. The molecule has 6 heteroatoms. The molecule has 1 aromatic carbocycles. The average molecular weight is 340 g/mol. The summed E-state index contributed by atoms with van der Waals surface area (Å²) in [5.74, 6) is 1.01. The van der Waals surface area contributed by atoms with Gasteiger partial charge in [-0.05, 0) is 48.1 Å². The first kappa shape index (κ1) is 13.0. The first-order chi connectivity index (χ1) is 9.15. The number of benzene rings is 1. The summed E-state index contributed by atoms with van der Waals surface area (Å²) < 4.78 is 10.8. The third-order valence-corrected chi connectivity index (χ3v) is 4.70. The Hall–Kier alpha value is -0.980. The molecule has 100 valence electrons. The van der Waals surface area contributed by atoms with Crippen LogP contribution in [-0.2, 0) is 12.8 Å². The lowest BCUT2D eigenvalue weighted by molar-refractivity contribution is 0.352. The first-order valence-electron chi connectivity index (χ1n) is 6.13. The predicted octanol–water partition coefficient (Wildman–Crippen LogP) is 2.79. The van der Waals surface area contributed by atoms with Crippen molar-refractivity contribution in [2.45, 2.75) is 25.8 Å². The van der Waals surface area contributed by atoms with Crippen LogP contribution in [0.25, 0.3) is 0 Å². The quantitative estimate of drug-likeness (QED) is 0.933. The molecule has 1 unspecified atom stereocenters. The fourth-order valence-electron chi connectivity index (χ4n) is 2.40. The zero-order chi connectivity index (χ0) is 13.4. The summed E-state index contributed by atoms with van der Waals surface area (Å²) in [5, 5.41) is 4.02. The smallest absolute Gasteiger partial charge is 0.125 e. The maximum absolute atomic E-state index is 6.28. The van der Waals surface area contributed by atoms with Crippen LogP contribution in [0.1, 0.15) is 27.7 Å². The molecular weight excluding hydrogens is 326 g/mol. The van der Waals surface area contributed by atoms with Crippen LogP contribution in [0.5, 0.6) is 5.75 Å². The van der Waals surface area contributed by atoms with Crippen molar-refractivity contribution < 1.29 is 4.74 Å². The lowest BCUT2D eigenvalue weighted by atomic mass is 10.0. The molecule has 1 atom stereocenters. The minimum absolute atomic E-state index is 0.0809. The van der Waals surface area contributed by atoms with Crippen LogP contribution < -0.4 is 10.5 Å². The molecule has 0 spiro atoms. The van der Waals surface area contributed by atoms with Crippen LogP contribution in [0, 0.1) is 6.92 Å². The molecule has 2 aromatic rings. The van der Waals surface area contributed by atoms with Gasteiger partial charge >= 0.3 is 0 Å². The number of rotatable bonds is 3. The predicted molar refractivity (Wildman–Crippen MR) is 78.6 cm³/mol. The Morgan fingerprint density at radius 1 is 1.53 bits per heavy atom. The van der Waals surface area contributed by atoms with Crippen molar-refractivity contribution in [1.29, 1.82) is 0 Å². The van der Waals surface area contributed by atoms with Gasteiger partial charge in [0.1, 0.15) is 5.75 Å². The summed E-state index contributed by atoms with van der Waals surface area (Å²) in [5.41, 5.74) is 9.61. The van der Waals surface area contributed by atoms with Gasteiger partial charge in [0.15, 0.2) is 0 Å². The Morgan fingerprint density at radius 3 is 3.11 bits per heavy atom. The molecule has 0 saturated heterocycles. The maximum atomic E-state index is 6.28. The Morgan fingerprint density at radius 2 is 2.37 bits per heavy atom. The van der Waals surface area contributed by atoms with Crippen molar-refractivity contribution >= 4 is 27.5 Å². The second-order valence-corrected chi connectivity index (χ2v) is 6.39. The standard InChI is InChI=1S/C13H14BrN3OS/c1-7-13(19-17-16-7)11(15)6-9-5-10(14)4-8-2-3-18-12(8)9/h4-5,11H,2-3,6,15H2,1H3. The molecule has 3 rings (SSSR count). The Balaban J connectivity index is 1.90. The van der Waals surface area contributed by atoms with Gasteiger partial charge in [0.05, 0.1) is 17.2 Å². The van der Waals surface area contributed by atoms with E-state index in [0.29, 0.717) is 0 Å². The zero-order valence-corrected chi connectivity index (χ0v) is 12.9. The molecule has 1 aliphatic rings. The van der Waals surface area contributed by atoms with Gasteiger partial charge in [-0.15, -0.1) is 5.10 Å². The highest BCUT2D eigenvalue weighted by molar-refractivity contribution is 9.10. The highest BCUT2D eigenvalue weighted by Crippen LogP contribution is 2.35. The minimum atomic E-state index is -0.0809. The molecule has 4 nitrogen and oxygen atoms in total. The number of halogens is 1. The third kappa shape index (κ3) is 2.52. The zero-order valence-electron chi connectivity index (χ0n) is 10.5. The largest absolute Gasteiger partial charge is 0.493 e. The number of nitrogens with two attached hydrogens (primary N) is 1. The number of aromatic nitrogens is 2. The summed E-state index contributed by atoms with van der Waals surface area (Å²) in [7, 11) is 0. The van der Waals surface area contributed by atoms with E-state index < -0.39 is 0 Å². The molecule has 1 aromatic heterocycles. The molecule has 19 heavy (non-hydrogen) atoms. The van der Waals surface area contributed by atoms with Crippen molar-refractivity contribution in [2.75, 3.05) is 6.61 Å². The number of ether oxygens (including phenoxy) is 1. The molecule has 1 aliphatic heterocycles. The maximum Gasteiger partial charge on any atom is 0.125 e. The van der Waals surface area contributed by atoms with E-state index in [1.165, 1.54) is 17.1 Å². The lowest BCUT2D eigenvalue weighted by Gasteiger charge is -2.13. The normalized spacial score (nSPS) is 15.1. The van der Waals surface area contributed by atoms with Crippen LogP contribution in [-0.4, -0.2) is 16.2 Å². The van der Waals surface area contributed by atoms with Crippen molar-refractivity contribution in [3.63, 3.8) is 0 Å². The highest BCUT2D eigenvalue weighted by Gasteiger charge is 2.21. The highest BCUT2D eigenvalue weighted by atomic mass is 79.9. The fourth-order valence-corrected chi connectivity index (χ4v) is 3.60. The molecular formula is C13H14BrN3OS. The molecule has 0 aliphatic carbocycles. The van der Waals surface area contributed by atoms with Gasteiger partial charge < -0.3 is 10.5 Å². The number of hydrogen-bond donors (Lipinski definition) is 1. The van der Waals surface area contributed by atoms with E-state index in [1.807, 2.05) is 6.92 Å². The Labute approximate surface area is 124 Å². The number of nitrogens with zero attached hydrogens (tertiary/aromatic N) is 2. The molecule has 2 heterocycles. The second-order valence-electron chi connectivity index (χ2n) is 4.68. The lowest BCUT2D eigenvalue weighted by Crippen LogP contribution is -2.13. The second kappa shape index (κ2) is 5.19. The van der Waals surface area contributed by atoms with Gasteiger partial charge in [0, 0.05) is 16.9 Å². The van der Waals surface area contributed by atoms with Gasteiger partial charge in [-0.3, -0.25) is 0 Å². The molecule has 0 radical (unpaired) electrons. The van der Waals surface area contributed by atoms with Gasteiger partial charge in [0.2, 0.25) is 0 Å². The van der Waals surface area contributed by atoms with Crippen LogP contribution in [0.4, 0.5) is 0 Å². The van der Waals surface area contributed by atoms with Crippen LogP contribution in [0.3, 0.4) is 0 Å². The van der Waals surface area contributed by atoms with Gasteiger partial charge in [-0.1, -0.05) is 20.4 Å². The number of aryl methyl sites for hydroxylation is 1. The van der Waals surface area contributed by atoms with E-state index in [1.54, 1.807) is 0 Å². The van der Waals surface area contributed by atoms with Gasteiger partial charge in [-0.25, -0.2) is 0 Å².